The van der Waals surface area contributed by atoms with Crippen molar-refractivity contribution in [1.82, 2.24) is 4.98 Å². The van der Waals surface area contributed by atoms with Crippen molar-refractivity contribution in [2.24, 2.45) is 0 Å². The molecule has 2 N–H and O–H groups in total. The first-order valence-corrected chi connectivity index (χ1v) is 6.39. The Bertz CT molecular complexity index is 556. The van der Waals surface area contributed by atoms with Crippen molar-refractivity contribution in [3.63, 3.8) is 0 Å². The van der Waals surface area contributed by atoms with Gasteiger partial charge in [0.15, 0.2) is 5.76 Å². The number of aryl methyl sites for hydroxylation is 2. The van der Waals surface area contributed by atoms with E-state index in [0.717, 1.165) is 23.4 Å². The van der Waals surface area contributed by atoms with Gasteiger partial charge in [-0.2, -0.15) is 4.98 Å². The van der Waals surface area contributed by atoms with E-state index < -0.39 is 0 Å². The first-order valence-electron chi connectivity index (χ1n) is 6.39. The van der Waals surface area contributed by atoms with Crippen molar-refractivity contribution in [2.75, 3.05) is 5.73 Å². The Kier molecular flexibility index (Phi) is 3.41. The molecule has 3 heteroatoms. The Labute approximate surface area is 108 Å². The number of aromatic nitrogens is 1. The number of nitrogen functional groups attached to an aromatic ring is 1. The Morgan fingerprint density at radius 1 is 1.33 bits per heavy atom. The van der Waals surface area contributed by atoms with Crippen LogP contribution in [0.2, 0.25) is 0 Å². The average molecular weight is 244 g/mol. The van der Waals surface area contributed by atoms with E-state index in [9.17, 15) is 0 Å². The molecule has 0 aliphatic carbocycles. The summed E-state index contributed by atoms with van der Waals surface area (Å²) in [6.45, 7) is 8.51. The lowest BCUT2D eigenvalue weighted by Crippen LogP contribution is -1.92. The third-order valence-corrected chi connectivity index (χ3v) is 3.22. The SMILES string of the molecule is CCc1nc(N)oc1-c1cc(C(C)C)ccc1C. The Morgan fingerprint density at radius 2 is 2.06 bits per heavy atom. The summed E-state index contributed by atoms with van der Waals surface area (Å²) < 4.78 is 5.57. The highest BCUT2D eigenvalue weighted by atomic mass is 16.4. The molecule has 0 fully saturated rings. The van der Waals surface area contributed by atoms with Gasteiger partial charge in [0.25, 0.3) is 6.01 Å². The van der Waals surface area contributed by atoms with Gasteiger partial charge in [-0.05, 0) is 36.5 Å². The van der Waals surface area contributed by atoms with Crippen LogP contribution in [0.4, 0.5) is 6.01 Å². The van der Waals surface area contributed by atoms with E-state index in [1.54, 1.807) is 0 Å². The number of nitrogens with zero attached hydrogens (tertiary/aromatic N) is 1. The fourth-order valence-corrected chi connectivity index (χ4v) is 2.06. The van der Waals surface area contributed by atoms with E-state index in [2.05, 4.69) is 50.9 Å². The highest BCUT2D eigenvalue weighted by Crippen LogP contribution is 2.31. The molecule has 3 nitrogen and oxygen atoms in total. The number of hydrogen-bond acceptors (Lipinski definition) is 3. The van der Waals surface area contributed by atoms with Gasteiger partial charge in [-0.15, -0.1) is 0 Å². The van der Waals surface area contributed by atoms with Crippen molar-refractivity contribution >= 4 is 6.01 Å². The van der Waals surface area contributed by atoms with Gasteiger partial charge in [0, 0.05) is 5.56 Å². The zero-order valence-corrected chi connectivity index (χ0v) is 11.4. The molecule has 2 rings (SSSR count). The van der Waals surface area contributed by atoms with E-state index in [-0.39, 0.29) is 6.01 Å². The minimum absolute atomic E-state index is 0.246. The molecule has 96 valence electrons. The highest BCUT2D eigenvalue weighted by molar-refractivity contribution is 5.66. The molecule has 2 aromatic rings. The van der Waals surface area contributed by atoms with Crippen LogP contribution in [0.3, 0.4) is 0 Å². The van der Waals surface area contributed by atoms with Gasteiger partial charge in [-0.1, -0.05) is 32.9 Å². The molecule has 0 saturated carbocycles. The Balaban J connectivity index is 2.58. The van der Waals surface area contributed by atoms with Gasteiger partial charge in [0.1, 0.15) is 0 Å². The monoisotopic (exact) mass is 244 g/mol. The third-order valence-electron chi connectivity index (χ3n) is 3.22. The summed E-state index contributed by atoms with van der Waals surface area (Å²) in [5.41, 5.74) is 10.2. The molecular formula is C15H20N2O. The molecule has 0 bridgehead atoms. The lowest BCUT2D eigenvalue weighted by Gasteiger charge is -2.10. The van der Waals surface area contributed by atoms with Crippen molar-refractivity contribution in [3.8, 4) is 11.3 Å². The molecule has 0 amide bonds. The van der Waals surface area contributed by atoms with E-state index >= 15 is 0 Å². The topological polar surface area (TPSA) is 52.0 Å². The molecule has 0 spiro atoms. The normalized spacial score (nSPS) is 11.2. The van der Waals surface area contributed by atoms with Crippen LogP contribution >= 0.6 is 0 Å². The molecule has 0 aliphatic heterocycles. The van der Waals surface area contributed by atoms with E-state index in [4.69, 9.17) is 10.2 Å². The van der Waals surface area contributed by atoms with Gasteiger partial charge in [0.05, 0.1) is 5.69 Å². The van der Waals surface area contributed by atoms with Crippen molar-refractivity contribution in [2.45, 2.75) is 40.0 Å². The van der Waals surface area contributed by atoms with Crippen LogP contribution in [0, 0.1) is 6.92 Å². The Hall–Kier alpha value is -1.77. The number of oxazole rings is 1. The zero-order valence-electron chi connectivity index (χ0n) is 11.4. The predicted octanol–water partition coefficient (Wildman–Crippen LogP) is 3.92. The first kappa shape index (κ1) is 12.7. The average Bonchev–Trinajstić information content (AvgIpc) is 2.70. The van der Waals surface area contributed by atoms with Gasteiger partial charge in [-0.3, -0.25) is 0 Å². The summed E-state index contributed by atoms with van der Waals surface area (Å²) in [5, 5.41) is 0. The van der Waals surface area contributed by atoms with Crippen LogP contribution in [0.1, 0.15) is 43.5 Å². The third kappa shape index (κ3) is 2.26. The fraction of sp³-hybridized carbons (Fsp3) is 0.400. The van der Waals surface area contributed by atoms with E-state index in [0.29, 0.717) is 5.92 Å². The van der Waals surface area contributed by atoms with Crippen LogP contribution in [-0.4, -0.2) is 4.98 Å². The smallest absolute Gasteiger partial charge is 0.292 e. The minimum Gasteiger partial charge on any atom is -0.423 e. The first-order chi connectivity index (χ1) is 8.52. The maximum absolute atomic E-state index is 5.66. The second-order valence-electron chi connectivity index (χ2n) is 4.91. The maximum Gasteiger partial charge on any atom is 0.292 e. The molecule has 1 aromatic heterocycles. The van der Waals surface area contributed by atoms with E-state index in [1.165, 1.54) is 11.1 Å². The number of nitrogens with two attached hydrogens (primary N) is 1. The quantitative estimate of drug-likeness (QED) is 0.890. The lowest BCUT2D eigenvalue weighted by atomic mass is 9.96. The van der Waals surface area contributed by atoms with E-state index in [1.807, 2.05) is 0 Å². The Morgan fingerprint density at radius 3 is 2.67 bits per heavy atom. The largest absolute Gasteiger partial charge is 0.423 e. The minimum atomic E-state index is 0.246. The molecule has 0 aliphatic rings. The maximum atomic E-state index is 5.66. The fourth-order valence-electron chi connectivity index (χ4n) is 2.06. The number of rotatable bonds is 3. The molecular weight excluding hydrogens is 224 g/mol. The molecule has 18 heavy (non-hydrogen) atoms. The standard InChI is InChI=1S/C15H20N2O/c1-5-13-14(18-15(16)17-13)12-8-11(9(2)3)7-6-10(12)4/h6-9H,5H2,1-4H3,(H2,16,17). The van der Waals surface area contributed by atoms with Crippen LogP contribution in [0.25, 0.3) is 11.3 Å². The number of anilines is 1. The second-order valence-corrected chi connectivity index (χ2v) is 4.91. The summed E-state index contributed by atoms with van der Waals surface area (Å²) in [5.74, 6) is 1.31. The van der Waals surface area contributed by atoms with Crippen LogP contribution in [0.15, 0.2) is 22.6 Å². The number of hydrogen-bond donors (Lipinski definition) is 1. The molecule has 0 radical (unpaired) electrons. The van der Waals surface area contributed by atoms with Crippen molar-refractivity contribution in [3.05, 3.63) is 35.0 Å². The summed E-state index contributed by atoms with van der Waals surface area (Å²) in [7, 11) is 0. The second kappa shape index (κ2) is 4.84. The van der Waals surface area contributed by atoms with Gasteiger partial charge < -0.3 is 10.2 Å². The van der Waals surface area contributed by atoms with Gasteiger partial charge in [0.2, 0.25) is 0 Å². The molecule has 1 heterocycles. The summed E-state index contributed by atoms with van der Waals surface area (Å²) in [4.78, 5) is 4.23. The molecule has 0 unspecified atom stereocenters. The number of benzene rings is 1. The predicted molar refractivity (Wildman–Crippen MR) is 74.6 cm³/mol. The summed E-state index contributed by atoms with van der Waals surface area (Å²) >= 11 is 0. The lowest BCUT2D eigenvalue weighted by molar-refractivity contribution is 0.593. The highest BCUT2D eigenvalue weighted by Gasteiger charge is 2.15. The molecule has 0 atom stereocenters. The summed E-state index contributed by atoms with van der Waals surface area (Å²) in [6, 6.07) is 6.72. The van der Waals surface area contributed by atoms with Gasteiger partial charge >= 0.3 is 0 Å². The zero-order chi connectivity index (χ0) is 13.3. The van der Waals surface area contributed by atoms with Crippen molar-refractivity contribution < 1.29 is 4.42 Å². The van der Waals surface area contributed by atoms with Gasteiger partial charge in [-0.25, -0.2) is 0 Å². The summed E-state index contributed by atoms with van der Waals surface area (Å²) in [6.07, 6.45) is 0.821. The van der Waals surface area contributed by atoms with Crippen LogP contribution in [-0.2, 0) is 6.42 Å². The van der Waals surface area contributed by atoms with Crippen LogP contribution in [0.5, 0.6) is 0 Å². The molecule has 1 aromatic carbocycles. The molecule has 0 saturated heterocycles. The van der Waals surface area contributed by atoms with Crippen LogP contribution < -0.4 is 5.73 Å². The van der Waals surface area contributed by atoms with Crippen molar-refractivity contribution in [1.29, 1.82) is 0 Å².